The second-order valence-corrected chi connectivity index (χ2v) is 9.96. The van der Waals surface area contributed by atoms with Crippen LogP contribution in [0.1, 0.15) is 66.7 Å². The normalized spacial score (nSPS) is 48.7. The number of aliphatic hydroxyl groups excluding tert-OH is 1. The number of aliphatic hydroxyl groups is 2. The summed E-state index contributed by atoms with van der Waals surface area (Å²) in [5, 5.41) is 22.2. The van der Waals surface area contributed by atoms with E-state index < -0.39 is 11.7 Å². The van der Waals surface area contributed by atoms with Gasteiger partial charge in [-0.25, -0.2) is 0 Å². The minimum Gasteiger partial charge on any atom is -0.462 e. The van der Waals surface area contributed by atoms with Gasteiger partial charge in [-0.1, -0.05) is 32.9 Å². The molecule has 0 aromatic carbocycles. The molecule has 8 unspecified atom stereocenters. The Bertz CT molecular complexity index is 581. The van der Waals surface area contributed by atoms with Crippen molar-refractivity contribution in [1.29, 1.82) is 0 Å². The summed E-state index contributed by atoms with van der Waals surface area (Å²) in [6, 6.07) is 0. The van der Waals surface area contributed by atoms with Gasteiger partial charge >= 0.3 is 5.97 Å². The molecule has 148 valence electrons. The number of hydrogen-bond acceptors (Lipinski definition) is 4. The van der Waals surface area contributed by atoms with E-state index in [4.69, 9.17) is 4.74 Å². The van der Waals surface area contributed by atoms with Gasteiger partial charge in [-0.3, -0.25) is 4.79 Å². The van der Waals surface area contributed by atoms with Gasteiger partial charge in [-0.2, -0.15) is 0 Å². The molecule has 3 rings (SSSR count). The number of fused-ring (bicyclic) bond motifs is 3. The van der Waals surface area contributed by atoms with Gasteiger partial charge < -0.3 is 14.9 Å². The van der Waals surface area contributed by atoms with Crippen LogP contribution in [0.25, 0.3) is 0 Å². The second-order valence-electron chi connectivity index (χ2n) is 9.96. The first-order chi connectivity index (χ1) is 12.0. The summed E-state index contributed by atoms with van der Waals surface area (Å²) < 4.78 is 5.78. The lowest BCUT2D eigenvalue weighted by atomic mass is 9.43. The van der Waals surface area contributed by atoms with Crippen molar-refractivity contribution in [3.05, 3.63) is 12.2 Å². The van der Waals surface area contributed by atoms with Crippen molar-refractivity contribution < 1.29 is 19.7 Å². The second kappa shape index (κ2) is 6.63. The number of esters is 1. The minimum atomic E-state index is -0.861. The highest BCUT2D eigenvalue weighted by Crippen LogP contribution is 2.63. The maximum absolute atomic E-state index is 11.8. The van der Waals surface area contributed by atoms with Crippen molar-refractivity contribution in [2.45, 2.75) is 84.5 Å². The highest BCUT2D eigenvalue weighted by molar-refractivity contribution is 5.66. The topological polar surface area (TPSA) is 66.8 Å². The van der Waals surface area contributed by atoms with E-state index >= 15 is 0 Å². The number of carbonyl (C=O) groups excluding carboxylic acids is 1. The molecule has 0 bridgehead atoms. The average molecular weight is 365 g/mol. The van der Waals surface area contributed by atoms with E-state index in [2.05, 4.69) is 27.4 Å². The molecule has 3 aliphatic rings. The minimum absolute atomic E-state index is 0.104. The molecule has 0 saturated heterocycles. The Morgan fingerprint density at radius 2 is 1.96 bits per heavy atom. The fourth-order valence-corrected chi connectivity index (χ4v) is 6.72. The molecule has 3 aliphatic carbocycles. The Labute approximate surface area is 158 Å². The Morgan fingerprint density at radius 1 is 1.31 bits per heavy atom. The molecular weight excluding hydrogens is 328 g/mol. The quantitative estimate of drug-likeness (QED) is 0.579. The number of rotatable bonds is 2. The number of carbonyl (C=O) groups is 1. The lowest BCUT2D eigenvalue weighted by Crippen LogP contribution is -2.65. The van der Waals surface area contributed by atoms with E-state index in [0.717, 1.165) is 25.7 Å². The van der Waals surface area contributed by atoms with Crippen molar-refractivity contribution in [3.63, 3.8) is 0 Å². The van der Waals surface area contributed by atoms with Gasteiger partial charge in [-0.05, 0) is 62.7 Å². The fraction of sp³-hybridized carbons (Fsp3) is 0.864. The summed E-state index contributed by atoms with van der Waals surface area (Å²) in [5.41, 5.74) is -0.00500. The van der Waals surface area contributed by atoms with Crippen LogP contribution >= 0.6 is 0 Å². The summed E-state index contributed by atoms with van der Waals surface area (Å²) in [6.07, 6.45) is 3.09. The van der Waals surface area contributed by atoms with Crippen LogP contribution in [0.2, 0.25) is 0 Å². The predicted octanol–water partition coefficient (Wildman–Crippen LogP) is 3.70. The molecule has 0 radical (unpaired) electrons. The van der Waals surface area contributed by atoms with Crippen LogP contribution in [0.3, 0.4) is 0 Å². The van der Waals surface area contributed by atoms with Crippen LogP contribution in [0.4, 0.5) is 0 Å². The summed E-state index contributed by atoms with van der Waals surface area (Å²) >= 11 is 0. The van der Waals surface area contributed by atoms with Crippen LogP contribution in [0.5, 0.6) is 0 Å². The monoisotopic (exact) mass is 364 g/mol. The van der Waals surface area contributed by atoms with Gasteiger partial charge in [0.2, 0.25) is 0 Å². The predicted molar refractivity (Wildman–Crippen MR) is 101 cm³/mol. The highest BCUT2D eigenvalue weighted by Gasteiger charge is 2.63. The van der Waals surface area contributed by atoms with E-state index in [1.165, 1.54) is 12.5 Å². The fourth-order valence-electron chi connectivity index (χ4n) is 6.72. The zero-order chi connectivity index (χ0) is 19.4. The van der Waals surface area contributed by atoms with Crippen molar-refractivity contribution >= 4 is 5.97 Å². The summed E-state index contributed by atoms with van der Waals surface area (Å²) in [5.74, 6) is 0.859. The number of ether oxygens (including phenoxy) is 1. The van der Waals surface area contributed by atoms with Crippen molar-refractivity contribution in [3.8, 4) is 0 Å². The molecule has 0 aromatic heterocycles. The molecule has 0 aliphatic heterocycles. The standard InChI is InChI=1S/C22H36O4/c1-12(2)15-9-10-22(6,25)20-16(26-14(4)23)11-21(5)17(24)8-7-13(3)19(21)18(15)20/h12,15-20,24-25H,3,7-11H2,1-2,4-6H3. The Morgan fingerprint density at radius 3 is 2.54 bits per heavy atom. The molecule has 0 amide bonds. The van der Waals surface area contributed by atoms with Crippen molar-refractivity contribution in [1.82, 2.24) is 0 Å². The van der Waals surface area contributed by atoms with Crippen LogP contribution in [0, 0.1) is 35.0 Å². The summed E-state index contributed by atoms with van der Waals surface area (Å²) in [6.45, 7) is 14.4. The molecule has 3 fully saturated rings. The van der Waals surface area contributed by atoms with Gasteiger partial charge in [0.25, 0.3) is 0 Å². The van der Waals surface area contributed by atoms with Crippen LogP contribution in [0.15, 0.2) is 12.2 Å². The van der Waals surface area contributed by atoms with E-state index in [0.29, 0.717) is 18.3 Å². The first-order valence-electron chi connectivity index (χ1n) is 10.2. The first-order valence-corrected chi connectivity index (χ1v) is 10.2. The molecule has 26 heavy (non-hydrogen) atoms. The Kier molecular flexibility index (Phi) is 5.07. The maximum Gasteiger partial charge on any atom is 0.302 e. The van der Waals surface area contributed by atoms with Gasteiger partial charge in [0.1, 0.15) is 6.10 Å². The molecule has 4 nitrogen and oxygen atoms in total. The summed E-state index contributed by atoms with van der Waals surface area (Å²) in [4.78, 5) is 11.8. The maximum atomic E-state index is 11.8. The van der Waals surface area contributed by atoms with Crippen molar-refractivity contribution in [2.24, 2.45) is 35.0 Å². The lowest BCUT2D eigenvalue weighted by Gasteiger charge is -2.63. The zero-order valence-electron chi connectivity index (χ0n) is 17.0. The molecule has 0 heterocycles. The SMILES string of the molecule is C=C1CCC(O)C2(C)CC(OC(C)=O)C3C(C(C(C)C)CCC3(C)O)C12. The zero-order valence-corrected chi connectivity index (χ0v) is 17.0. The third kappa shape index (κ3) is 3.03. The molecule has 0 aromatic rings. The summed E-state index contributed by atoms with van der Waals surface area (Å²) in [7, 11) is 0. The van der Waals surface area contributed by atoms with Gasteiger partial charge in [0.05, 0.1) is 11.7 Å². The smallest absolute Gasteiger partial charge is 0.302 e. The van der Waals surface area contributed by atoms with Crippen molar-refractivity contribution in [2.75, 3.05) is 0 Å². The third-order valence-corrected chi connectivity index (χ3v) is 7.86. The molecule has 0 spiro atoms. The van der Waals surface area contributed by atoms with E-state index in [1.54, 1.807) is 0 Å². The Balaban J connectivity index is 2.13. The Hall–Kier alpha value is -0.870. The van der Waals surface area contributed by atoms with E-state index in [9.17, 15) is 15.0 Å². The molecule has 8 atom stereocenters. The van der Waals surface area contributed by atoms with Gasteiger partial charge in [-0.15, -0.1) is 0 Å². The van der Waals surface area contributed by atoms with Crippen LogP contribution < -0.4 is 0 Å². The average Bonchev–Trinajstić information content (AvgIpc) is 2.49. The molecule has 3 saturated carbocycles. The number of allylic oxidation sites excluding steroid dienone is 1. The molecule has 4 heteroatoms. The highest BCUT2D eigenvalue weighted by atomic mass is 16.5. The molecule has 2 N–H and O–H groups in total. The third-order valence-electron chi connectivity index (χ3n) is 7.86. The molecular formula is C22H36O4. The van der Waals surface area contributed by atoms with Crippen LogP contribution in [-0.4, -0.2) is 34.0 Å². The first kappa shape index (κ1) is 19.9. The number of hydrogen-bond donors (Lipinski definition) is 2. The van der Waals surface area contributed by atoms with E-state index in [-0.39, 0.29) is 35.2 Å². The van der Waals surface area contributed by atoms with Crippen LogP contribution in [-0.2, 0) is 9.53 Å². The lowest BCUT2D eigenvalue weighted by molar-refractivity contribution is -0.222. The van der Waals surface area contributed by atoms with Gasteiger partial charge in [0.15, 0.2) is 0 Å². The largest absolute Gasteiger partial charge is 0.462 e. The van der Waals surface area contributed by atoms with Gasteiger partial charge in [0, 0.05) is 18.3 Å². The van der Waals surface area contributed by atoms with E-state index in [1.807, 2.05) is 6.92 Å².